The van der Waals surface area contributed by atoms with Crippen molar-refractivity contribution in [1.29, 1.82) is 0 Å². The molecule has 1 aliphatic carbocycles. The molecular formula is C21H28N2O2. The lowest BCUT2D eigenvalue weighted by atomic mass is 9.85. The second-order valence-corrected chi connectivity index (χ2v) is 8.12. The molecule has 0 aromatic heterocycles. The molecule has 3 aliphatic rings. The van der Waals surface area contributed by atoms with E-state index >= 15 is 0 Å². The lowest BCUT2D eigenvalue weighted by Crippen LogP contribution is -2.62. The number of amides is 2. The summed E-state index contributed by atoms with van der Waals surface area (Å²) >= 11 is 0. The first-order valence-electron chi connectivity index (χ1n) is 9.69. The van der Waals surface area contributed by atoms with Crippen molar-refractivity contribution < 1.29 is 9.59 Å². The molecule has 0 radical (unpaired) electrons. The zero-order chi connectivity index (χ0) is 17.6. The molecule has 134 valence electrons. The Morgan fingerprint density at radius 3 is 2.60 bits per heavy atom. The van der Waals surface area contributed by atoms with Crippen molar-refractivity contribution in [2.24, 2.45) is 0 Å². The van der Waals surface area contributed by atoms with Crippen LogP contribution in [0.3, 0.4) is 0 Å². The molecule has 1 unspecified atom stereocenters. The Balaban J connectivity index is 1.57. The van der Waals surface area contributed by atoms with Crippen LogP contribution in [0.4, 0.5) is 0 Å². The van der Waals surface area contributed by atoms with E-state index in [1.54, 1.807) is 0 Å². The Hall–Kier alpha value is -1.84. The molecule has 1 aromatic rings. The number of aryl methyl sites for hydroxylation is 2. The van der Waals surface area contributed by atoms with Crippen molar-refractivity contribution in [1.82, 2.24) is 9.80 Å². The van der Waals surface area contributed by atoms with Crippen LogP contribution in [0.15, 0.2) is 18.2 Å². The third kappa shape index (κ3) is 2.86. The number of hydrogen-bond donors (Lipinski definition) is 0. The smallest absolute Gasteiger partial charge is 0.248 e. The first-order valence-corrected chi connectivity index (χ1v) is 9.69. The van der Waals surface area contributed by atoms with Gasteiger partial charge in [-0.25, -0.2) is 0 Å². The summed E-state index contributed by atoms with van der Waals surface area (Å²) in [5.41, 5.74) is 2.88. The van der Waals surface area contributed by atoms with Crippen LogP contribution in [0, 0.1) is 13.8 Å². The van der Waals surface area contributed by atoms with E-state index in [1.165, 1.54) is 5.56 Å². The number of rotatable bonds is 3. The normalized spacial score (nSPS) is 26.6. The Bertz CT molecular complexity index is 710. The third-order valence-electron chi connectivity index (χ3n) is 6.27. The molecule has 2 saturated heterocycles. The molecule has 2 heterocycles. The summed E-state index contributed by atoms with van der Waals surface area (Å²) in [5, 5.41) is 0. The van der Waals surface area contributed by atoms with Gasteiger partial charge in [-0.3, -0.25) is 9.59 Å². The van der Waals surface area contributed by atoms with Crippen molar-refractivity contribution in [3.8, 4) is 0 Å². The number of benzene rings is 1. The van der Waals surface area contributed by atoms with Gasteiger partial charge in [0.25, 0.3) is 0 Å². The van der Waals surface area contributed by atoms with E-state index in [0.717, 1.165) is 62.7 Å². The van der Waals surface area contributed by atoms with Crippen molar-refractivity contribution in [3.63, 3.8) is 0 Å². The summed E-state index contributed by atoms with van der Waals surface area (Å²) in [6, 6.07) is 6.72. The highest BCUT2D eigenvalue weighted by molar-refractivity contribution is 5.93. The maximum absolute atomic E-state index is 13.3. The fourth-order valence-electron chi connectivity index (χ4n) is 4.73. The molecule has 4 nitrogen and oxygen atoms in total. The van der Waals surface area contributed by atoms with E-state index in [0.29, 0.717) is 12.5 Å². The molecule has 1 atom stereocenters. The van der Waals surface area contributed by atoms with Gasteiger partial charge in [0.15, 0.2) is 0 Å². The van der Waals surface area contributed by atoms with Crippen LogP contribution in [0.1, 0.15) is 55.2 Å². The number of hydrogen-bond acceptors (Lipinski definition) is 2. The predicted octanol–water partition coefficient (Wildman–Crippen LogP) is 2.99. The lowest BCUT2D eigenvalue weighted by Gasteiger charge is -2.45. The van der Waals surface area contributed by atoms with Gasteiger partial charge in [0.2, 0.25) is 11.8 Å². The van der Waals surface area contributed by atoms with Gasteiger partial charge < -0.3 is 9.80 Å². The van der Waals surface area contributed by atoms with Crippen molar-refractivity contribution in [3.05, 3.63) is 34.9 Å². The van der Waals surface area contributed by atoms with E-state index in [9.17, 15) is 9.59 Å². The molecule has 2 amide bonds. The zero-order valence-electron chi connectivity index (χ0n) is 15.4. The average Bonchev–Trinajstić information content (AvgIpc) is 3.34. The topological polar surface area (TPSA) is 40.6 Å². The van der Waals surface area contributed by atoms with Crippen LogP contribution in [-0.2, 0) is 16.0 Å². The van der Waals surface area contributed by atoms with Gasteiger partial charge in [-0.05, 0) is 63.5 Å². The fourth-order valence-corrected chi connectivity index (χ4v) is 4.73. The van der Waals surface area contributed by atoms with Crippen molar-refractivity contribution >= 4 is 11.8 Å². The number of carbonyl (C=O) groups is 2. The molecule has 3 fully saturated rings. The largest absolute Gasteiger partial charge is 0.338 e. The molecule has 4 heteroatoms. The van der Waals surface area contributed by atoms with E-state index in [4.69, 9.17) is 0 Å². The van der Waals surface area contributed by atoms with Gasteiger partial charge in [-0.2, -0.15) is 0 Å². The van der Waals surface area contributed by atoms with E-state index in [-0.39, 0.29) is 11.8 Å². The molecule has 0 N–H and O–H groups in total. The summed E-state index contributed by atoms with van der Waals surface area (Å²) in [6.45, 7) is 5.73. The Labute approximate surface area is 150 Å². The molecule has 1 spiro atoms. The summed E-state index contributed by atoms with van der Waals surface area (Å²) in [7, 11) is 0. The highest BCUT2D eigenvalue weighted by Crippen LogP contribution is 2.42. The predicted molar refractivity (Wildman–Crippen MR) is 97.3 cm³/mol. The fraction of sp³-hybridized carbons (Fsp3) is 0.619. The third-order valence-corrected chi connectivity index (χ3v) is 6.27. The average molecular weight is 340 g/mol. The first-order chi connectivity index (χ1) is 12.0. The van der Waals surface area contributed by atoms with Crippen LogP contribution in [-0.4, -0.2) is 46.3 Å². The number of likely N-dealkylation sites (tertiary alicyclic amines) is 2. The van der Waals surface area contributed by atoms with E-state index < -0.39 is 5.54 Å². The minimum atomic E-state index is -0.546. The molecule has 2 aliphatic heterocycles. The second kappa shape index (κ2) is 6.15. The molecule has 0 bridgehead atoms. The number of piperidine rings is 1. The highest BCUT2D eigenvalue weighted by atomic mass is 16.2. The van der Waals surface area contributed by atoms with Crippen molar-refractivity contribution in [2.45, 2.75) is 70.4 Å². The molecule has 1 aromatic carbocycles. The van der Waals surface area contributed by atoms with Crippen molar-refractivity contribution in [2.75, 3.05) is 13.1 Å². The van der Waals surface area contributed by atoms with Crippen LogP contribution in [0.2, 0.25) is 0 Å². The summed E-state index contributed by atoms with van der Waals surface area (Å²) in [4.78, 5) is 30.4. The molecular weight excluding hydrogens is 312 g/mol. The van der Waals surface area contributed by atoms with Gasteiger partial charge in [-0.1, -0.05) is 23.8 Å². The number of carbonyl (C=O) groups excluding carboxylic acids is 2. The Morgan fingerprint density at radius 1 is 1.16 bits per heavy atom. The minimum absolute atomic E-state index is 0.122. The zero-order valence-corrected chi connectivity index (χ0v) is 15.4. The van der Waals surface area contributed by atoms with Crippen LogP contribution < -0.4 is 0 Å². The molecule has 25 heavy (non-hydrogen) atoms. The monoisotopic (exact) mass is 340 g/mol. The minimum Gasteiger partial charge on any atom is -0.338 e. The molecule has 4 rings (SSSR count). The summed E-state index contributed by atoms with van der Waals surface area (Å²) in [5.74, 6) is 0.352. The number of nitrogens with zero attached hydrogens (tertiary/aromatic N) is 2. The van der Waals surface area contributed by atoms with Crippen LogP contribution >= 0.6 is 0 Å². The summed E-state index contributed by atoms with van der Waals surface area (Å²) in [6.07, 6.45) is 6.34. The SMILES string of the molecule is Cc1ccc(C)c(CC(=O)N2CCCC23CCCN(C2CC2)C3=O)c1. The van der Waals surface area contributed by atoms with Crippen LogP contribution in [0.25, 0.3) is 0 Å². The van der Waals surface area contributed by atoms with Gasteiger partial charge in [0, 0.05) is 19.1 Å². The quantitative estimate of drug-likeness (QED) is 0.849. The lowest BCUT2D eigenvalue weighted by molar-refractivity contribution is -0.155. The van der Waals surface area contributed by atoms with Gasteiger partial charge in [0.1, 0.15) is 5.54 Å². The summed E-state index contributed by atoms with van der Waals surface area (Å²) < 4.78 is 0. The van der Waals surface area contributed by atoms with Crippen LogP contribution in [0.5, 0.6) is 0 Å². The van der Waals surface area contributed by atoms with Gasteiger partial charge in [-0.15, -0.1) is 0 Å². The standard InChI is InChI=1S/C21H28N2O2/c1-15-5-6-16(2)17(13-15)14-19(24)23-12-4-10-21(23)9-3-11-22(20(21)25)18-7-8-18/h5-6,13,18H,3-4,7-12,14H2,1-2H3. The highest BCUT2D eigenvalue weighted by Gasteiger charge is 2.54. The Kier molecular flexibility index (Phi) is 4.09. The van der Waals surface area contributed by atoms with Gasteiger partial charge in [0.05, 0.1) is 6.42 Å². The second-order valence-electron chi connectivity index (χ2n) is 8.12. The first kappa shape index (κ1) is 16.6. The maximum atomic E-state index is 13.3. The van der Waals surface area contributed by atoms with E-state index in [2.05, 4.69) is 36.9 Å². The van der Waals surface area contributed by atoms with Gasteiger partial charge >= 0.3 is 0 Å². The van der Waals surface area contributed by atoms with E-state index in [1.807, 2.05) is 4.90 Å². The Morgan fingerprint density at radius 2 is 1.88 bits per heavy atom. The maximum Gasteiger partial charge on any atom is 0.248 e. The molecule has 1 saturated carbocycles.